The van der Waals surface area contributed by atoms with Gasteiger partial charge in [-0.1, -0.05) is 12.6 Å². The molecule has 1 aliphatic rings. The molecule has 3 aromatic rings. The van der Waals surface area contributed by atoms with Crippen molar-refractivity contribution in [2.45, 2.75) is 6.10 Å². The Morgan fingerprint density at radius 3 is 3.00 bits per heavy atom. The number of benzene rings is 2. The predicted molar refractivity (Wildman–Crippen MR) is 97.0 cm³/mol. The number of ether oxygens (including phenoxy) is 2. The van der Waals surface area contributed by atoms with E-state index < -0.39 is 5.82 Å². The minimum Gasteiger partial charge on any atom is -0.485 e. The Labute approximate surface area is 151 Å². The summed E-state index contributed by atoms with van der Waals surface area (Å²) in [5.41, 5.74) is 0.987. The molecule has 2 aromatic carbocycles. The molecule has 0 aliphatic carbocycles. The maximum Gasteiger partial charge on any atom is 0.163 e. The average molecular weight is 402 g/mol. The normalized spacial score (nSPS) is 15.8. The molecule has 0 fully saturated rings. The Bertz CT molecular complexity index is 980. The number of hydrogen-bond acceptors (Lipinski definition) is 5. The number of fused-ring (bicyclic) bond motifs is 2. The van der Waals surface area contributed by atoms with Crippen LogP contribution < -0.4 is 14.8 Å². The molecule has 126 valence electrons. The van der Waals surface area contributed by atoms with Gasteiger partial charge in [0.25, 0.3) is 0 Å². The fourth-order valence-electron chi connectivity index (χ4n) is 2.58. The number of nitrogens with one attached hydrogen (secondary N) is 1. The van der Waals surface area contributed by atoms with Crippen LogP contribution in [-0.4, -0.2) is 22.7 Å². The van der Waals surface area contributed by atoms with Gasteiger partial charge in [0.1, 0.15) is 18.8 Å². The first-order valence-electron chi connectivity index (χ1n) is 7.57. The molecule has 1 aliphatic heterocycles. The highest BCUT2D eigenvalue weighted by molar-refractivity contribution is 9.10. The van der Waals surface area contributed by atoms with Crippen LogP contribution in [0.1, 0.15) is 0 Å². The summed E-state index contributed by atoms with van der Waals surface area (Å²) in [4.78, 5) is 8.50. The summed E-state index contributed by atoms with van der Waals surface area (Å²) < 4.78 is 26.1. The van der Waals surface area contributed by atoms with Gasteiger partial charge in [-0.2, -0.15) is 0 Å². The number of aromatic nitrogens is 2. The summed E-state index contributed by atoms with van der Waals surface area (Å²) in [5.74, 6) is 1.28. The van der Waals surface area contributed by atoms with E-state index in [1.807, 2.05) is 0 Å². The number of rotatable bonds is 3. The highest BCUT2D eigenvalue weighted by Gasteiger charge is 2.21. The molecule has 4 rings (SSSR count). The van der Waals surface area contributed by atoms with Gasteiger partial charge in [0.15, 0.2) is 23.4 Å². The molecule has 0 saturated heterocycles. The van der Waals surface area contributed by atoms with Crippen molar-refractivity contribution in [3.8, 4) is 11.5 Å². The van der Waals surface area contributed by atoms with E-state index >= 15 is 0 Å². The molecule has 2 heterocycles. The minimum absolute atomic E-state index is 0.214. The third-order valence-corrected chi connectivity index (χ3v) is 4.46. The predicted octanol–water partition coefficient (Wildman–Crippen LogP) is 4.60. The second-order valence-electron chi connectivity index (χ2n) is 5.47. The van der Waals surface area contributed by atoms with E-state index in [0.29, 0.717) is 45.0 Å². The molecule has 1 atom stereocenters. The molecule has 1 aromatic heterocycles. The van der Waals surface area contributed by atoms with E-state index in [4.69, 9.17) is 9.47 Å². The van der Waals surface area contributed by atoms with E-state index in [9.17, 15) is 4.39 Å². The van der Waals surface area contributed by atoms with Crippen LogP contribution in [0, 0.1) is 5.82 Å². The molecular formula is C18H13BrFN3O2. The van der Waals surface area contributed by atoms with Crippen LogP contribution in [0.4, 0.5) is 15.9 Å². The van der Waals surface area contributed by atoms with Crippen molar-refractivity contribution >= 4 is 38.3 Å². The molecule has 25 heavy (non-hydrogen) atoms. The smallest absolute Gasteiger partial charge is 0.163 e. The van der Waals surface area contributed by atoms with E-state index in [0.717, 1.165) is 0 Å². The SMILES string of the molecule is C=CC1COc2cc3ncnc(Nc4cccc(Br)c4F)c3cc2O1. The Morgan fingerprint density at radius 2 is 2.16 bits per heavy atom. The number of nitrogens with zero attached hydrogens (tertiary/aromatic N) is 2. The molecule has 0 bridgehead atoms. The van der Waals surface area contributed by atoms with E-state index in [1.165, 1.54) is 6.33 Å². The zero-order valence-corrected chi connectivity index (χ0v) is 14.6. The Balaban J connectivity index is 1.79. The third-order valence-electron chi connectivity index (χ3n) is 3.85. The topological polar surface area (TPSA) is 56.3 Å². The van der Waals surface area contributed by atoms with Crippen LogP contribution in [-0.2, 0) is 0 Å². The first-order valence-corrected chi connectivity index (χ1v) is 8.37. The summed E-state index contributed by atoms with van der Waals surface area (Å²) >= 11 is 3.18. The number of anilines is 2. The highest BCUT2D eigenvalue weighted by atomic mass is 79.9. The van der Waals surface area contributed by atoms with Crippen molar-refractivity contribution in [1.29, 1.82) is 0 Å². The van der Waals surface area contributed by atoms with Gasteiger partial charge in [-0.3, -0.25) is 0 Å². The van der Waals surface area contributed by atoms with Crippen LogP contribution in [0.15, 0.2) is 53.8 Å². The summed E-state index contributed by atoms with van der Waals surface area (Å²) in [5, 5.41) is 3.72. The molecule has 0 amide bonds. The van der Waals surface area contributed by atoms with Crippen molar-refractivity contribution < 1.29 is 13.9 Å². The summed E-state index contributed by atoms with van der Waals surface area (Å²) in [6, 6.07) is 8.59. The molecular weight excluding hydrogens is 389 g/mol. The number of halogens is 2. The van der Waals surface area contributed by atoms with Crippen LogP contribution >= 0.6 is 15.9 Å². The van der Waals surface area contributed by atoms with E-state index in [2.05, 4.69) is 37.8 Å². The molecule has 5 nitrogen and oxygen atoms in total. The molecule has 7 heteroatoms. The Hall–Kier alpha value is -2.67. The molecule has 1 unspecified atom stereocenters. The largest absolute Gasteiger partial charge is 0.485 e. The van der Waals surface area contributed by atoms with Crippen LogP contribution in [0.3, 0.4) is 0 Å². The van der Waals surface area contributed by atoms with Gasteiger partial charge >= 0.3 is 0 Å². The van der Waals surface area contributed by atoms with Crippen molar-refractivity contribution in [2.24, 2.45) is 0 Å². The average Bonchev–Trinajstić information content (AvgIpc) is 2.63. The second-order valence-corrected chi connectivity index (χ2v) is 6.32. The van der Waals surface area contributed by atoms with Gasteiger partial charge in [-0.25, -0.2) is 14.4 Å². The van der Waals surface area contributed by atoms with Crippen molar-refractivity contribution in [3.05, 3.63) is 59.6 Å². The second kappa shape index (κ2) is 6.33. The van der Waals surface area contributed by atoms with Gasteiger partial charge in [0.2, 0.25) is 0 Å². The van der Waals surface area contributed by atoms with Crippen LogP contribution in [0.25, 0.3) is 10.9 Å². The van der Waals surface area contributed by atoms with Crippen molar-refractivity contribution in [3.63, 3.8) is 0 Å². The van der Waals surface area contributed by atoms with Crippen molar-refractivity contribution in [1.82, 2.24) is 9.97 Å². The monoisotopic (exact) mass is 401 g/mol. The quantitative estimate of drug-likeness (QED) is 0.649. The zero-order chi connectivity index (χ0) is 17.4. The fraction of sp³-hybridized carbons (Fsp3) is 0.111. The van der Waals surface area contributed by atoms with Gasteiger partial charge in [0, 0.05) is 11.5 Å². The van der Waals surface area contributed by atoms with Crippen LogP contribution in [0.2, 0.25) is 0 Å². The lowest BCUT2D eigenvalue weighted by Crippen LogP contribution is -2.26. The molecule has 0 saturated carbocycles. The van der Waals surface area contributed by atoms with Crippen molar-refractivity contribution in [2.75, 3.05) is 11.9 Å². The lowest BCUT2D eigenvalue weighted by Gasteiger charge is -2.24. The maximum absolute atomic E-state index is 14.2. The van der Waals surface area contributed by atoms with Gasteiger partial charge < -0.3 is 14.8 Å². The summed E-state index contributed by atoms with van der Waals surface area (Å²) in [6.07, 6.45) is 2.89. The Kier molecular flexibility index (Phi) is 4.01. The minimum atomic E-state index is -0.390. The molecule has 0 radical (unpaired) electrons. The van der Waals surface area contributed by atoms with Gasteiger partial charge in [0.05, 0.1) is 15.7 Å². The lowest BCUT2D eigenvalue weighted by molar-refractivity contribution is 0.123. The maximum atomic E-state index is 14.2. The lowest BCUT2D eigenvalue weighted by atomic mass is 10.2. The first-order chi connectivity index (χ1) is 12.2. The van der Waals surface area contributed by atoms with Gasteiger partial charge in [-0.05, 0) is 40.2 Å². The molecule has 0 spiro atoms. The standard InChI is InChI=1S/C18H13BrFN3O2/c1-2-10-8-24-15-7-14-11(6-16(15)25-10)18(22-9-21-14)23-13-5-3-4-12(19)17(13)20/h2-7,9-10H,1,8H2,(H,21,22,23). The zero-order valence-electron chi connectivity index (χ0n) is 13.0. The number of hydrogen-bond donors (Lipinski definition) is 1. The first kappa shape index (κ1) is 15.8. The summed E-state index contributed by atoms with van der Waals surface area (Å²) in [6.45, 7) is 4.13. The molecule has 1 N–H and O–H groups in total. The van der Waals surface area contributed by atoms with E-state index in [1.54, 1.807) is 36.4 Å². The van der Waals surface area contributed by atoms with Crippen LogP contribution in [0.5, 0.6) is 11.5 Å². The Morgan fingerprint density at radius 1 is 1.28 bits per heavy atom. The van der Waals surface area contributed by atoms with Gasteiger partial charge in [-0.15, -0.1) is 0 Å². The van der Waals surface area contributed by atoms with E-state index in [-0.39, 0.29) is 6.10 Å². The highest BCUT2D eigenvalue weighted by Crippen LogP contribution is 2.38. The third kappa shape index (κ3) is 2.91. The fourth-order valence-corrected chi connectivity index (χ4v) is 2.95. The summed E-state index contributed by atoms with van der Waals surface area (Å²) in [7, 11) is 0.